The van der Waals surface area contributed by atoms with Crippen LogP contribution in [0, 0.1) is 0 Å². The lowest BCUT2D eigenvalue weighted by Gasteiger charge is -2.14. The van der Waals surface area contributed by atoms with Crippen LogP contribution in [-0.4, -0.2) is 5.11 Å². The number of nitrogen functional groups attached to an aromatic ring is 2. The molecule has 140 valence electrons. The van der Waals surface area contributed by atoms with E-state index in [1.807, 2.05) is 60.7 Å². The molecule has 0 aromatic heterocycles. The van der Waals surface area contributed by atoms with Gasteiger partial charge in [0.2, 0.25) is 0 Å². The number of anilines is 2. The first kappa shape index (κ1) is 18.1. The summed E-state index contributed by atoms with van der Waals surface area (Å²) in [5, 5.41) is 11.6. The molecule has 0 aliphatic heterocycles. The Balaban J connectivity index is 1.44. The normalized spacial score (nSPS) is 10.9. The molecule has 0 saturated heterocycles. The highest BCUT2D eigenvalue weighted by Crippen LogP contribution is 2.25. The highest BCUT2D eigenvalue weighted by molar-refractivity contribution is 7.80. The van der Waals surface area contributed by atoms with Crippen LogP contribution in [0.4, 0.5) is 11.4 Å². The highest BCUT2D eigenvalue weighted by Gasteiger charge is 2.06. The minimum atomic E-state index is 0.613. The van der Waals surface area contributed by atoms with Crippen molar-refractivity contribution in [3.05, 3.63) is 83.9 Å². The largest absolute Gasteiger partial charge is 0.398 e. The number of nitrogens with one attached hydrogen (secondary N) is 2. The third kappa shape index (κ3) is 3.57. The summed E-state index contributed by atoms with van der Waals surface area (Å²) in [6.45, 7) is 1.27. The van der Waals surface area contributed by atoms with Crippen molar-refractivity contribution in [1.82, 2.24) is 10.6 Å². The van der Waals surface area contributed by atoms with Crippen LogP contribution < -0.4 is 22.1 Å². The molecular weight excluding hydrogens is 364 g/mol. The molecule has 4 aromatic carbocycles. The van der Waals surface area contributed by atoms with E-state index in [9.17, 15) is 0 Å². The smallest absolute Gasteiger partial charge is 0.166 e. The van der Waals surface area contributed by atoms with E-state index in [-0.39, 0.29) is 0 Å². The molecule has 0 saturated carbocycles. The van der Waals surface area contributed by atoms with E-state index < -0.39 is 0 Å². The van der Waals surface area contributed by atoms with Crippen LogP contribution in [0.1, 0.15) is 11.1 Å². The van der Waals surface area contributed by atoms with E-state index in [0.717, 1.165) is 44.0 Å². The van der Waals surface area contributed by atoms with Gasteiger partial charge in [0.25, 0.3) is 0 Å². The summed E-state index contributed by atoms with van der Waals surface area (Å²) in [6.07, 6.45) is 0. The predicted octanol–water partition coefficient (Wildman–Crippen LogP) is 4.32. The molecule has 0 radical (unpaired) electrons. The highest BCUT2D eigenvalue weighted by atomic mass is 32.1. The lowest BCUT2D eigenvalue weighted by atomic mass is 10.0. The fraction of sp³-hybridized carbons (Fsp3) is 0.0870. The van der Waals surface area contributed by atoms with Crippen molar-refractivity contribution in [3.8, 4) is 0 Å². The van der Waals surface area contributed by atoms with Gasteiger partial charge in [-0.25, -0.2) is 0 Å². The van der Waals surface area contributed by atoms with Crippen LogP contribution in [0.25, 0.3) is 21.5 Å². The standard InChI is InChI=1S/C23H22N4S/c24-21-11-9-15(17-5-1-3-7-19(17)21)13-26-23(28)27-14-16-10-12-22(25)20-8-4-2-6-18(16)20/h1-12H,13-14,24-25H2,(H2,26,27,28). The van der Waals surface area contributed by atoms with Crippen LogP contribution in [0.3, 0.4) is 0 Å². The third-order valence-electron chi connectivity index (χ3n) is 4.97. The van der Waals surface area contributed by atoms with Gasteiger partial charge >= 0.3 is 0 Å². The Labute approximate surface area is 169 Å². The summed E-state index contributed by atoms with van der Waals surface area (Å²) < 4.78 is 0. The number of fused-ring (bicyclic) bond motifs is 2. The zero-order valence-corrected chi connectivity index (χ0v) is 16.2. The number of hydrogen-bond donors (Lipinski definition) is 4. The van der Waals surface area contributed by atoms with Crippen LogP contribution in [-0.2, 0) is 13.1 Å². The molecule has 0 aliphatic carbocycles. The number of benzene rings is 4. The molecule has 5 heteroatoms. The first-order valence-corrected chi connectivity index (χ1v) is 9.58. The maximum Gasteiger partial charge on any atom is 0.166 e. The topological polar surface area (TPSA) is 76.1 Å². The molecule has 4 nitrogen and oxygen atoms in total. The van der Waals surface area contributed by atoms with Gasteiger partial charge in [-0.05, 0) is 46.2 Å². The van der Waals surface area contributed by atoms with Crippen LogP contribution in [0.5, 0.6) is 0 Å². The monoisotopic (exact) mass is 386 g/mol. The van der Waals surface area contributed by atoms with Crippen molar-refractivity contribution in [2.75, 3.05) is 11.5 Å². The van der Waals surface area contributed by atoms with E-state index in [2.05, 4.69) is 22.8 Å². The number of hydrogen-bond acceptors (Lipinski definition) is 3. The number of thiocarbonyl (C=S) groups is 1. The Morgan fingerprint density at radius 2 is 1.00 bits per heavy atom. The number of nitrogens with two attached hydrogens (primary N) is 2. The molecule has 4 aromatic rings. The number of rotatable bonds is 4. The van der Waals surface area contributed by atoms with Crippen molar-refractivity contribution in [3.63, 3.8) is 0 Å². The van der Waals surface area contributed by atoms with Gasteiger partial charge in [-0.3, -0.25) is 0 Å². The fourth-order valence-electron chi connectivity index (χ4n) is 3.49. The lowest BCUT2D eigenvalue weighted by molar-refractivity contribution is 0.839. The molecule has 0 aliphatic rings. The Morgan fingerprint density at radius 1 is 0.607 bits per heavy atom. The molecule has 28 heavy (non-hydrogen) atoms. The van der Waals surface area contributed by atoms with E-state index in [0.29, 0.717) is 18.2 Å². The van der Waals surface area contributed by atoms with Crippen molar-refractivity contribution >= 4 is 50.2 Å². The van der Waals surface area contributed by atoms with E-state index >= 15 is 0 Å². The van der Waals surface area contributed by atoms with Gasteiger partial charge < -0.3 is 22.1 Å². The van der Waals surface area contributed by atoms with Crippen molar-refractivity contribution in [2.45, 2.75) is 13.1 Å². The lowest BCUT2D eigenvalue weighted by Crippen LogP contribution is -2.34. The van der Waals surface area contributed by atoms with E-state index in [4.69, 9.17) is 23.7 Å². The molecule has 0 heterocycles. The summed E-state index contributed by atoms with van der Waals surface area (Å²) >= 11 is 5.48. The quantitative estimate of drug-likeness (QED) is 0.310. The molecule has 0 spiro atoms. The van der Waals surface area contributed by atoms with E-state index in [1.165, 1.54) is 0 Å². The predicted molar refractivity (Wildman–Crippen MR) is 123 cm³/mol. The Morgan fingerprint density at radius 3 is 1.43 bits per heavy atom. The van der Waals surface area contributed by atoms with Crippen molar-refractivity contribution in [2.24, 2.45) is 0 Å². The van der Waals surface area contributed by atoms with E-state index in [1.54, 1.807) is 0 Å². The summed E-state index contributed by atoms with van der Waals surface area (Å²) in [5.41, 5.74) is 16.1. The summed E-state index contributed by atoms with van der Waals surface area (Å²) in [4.78, 5) is 0. The first-order chi connectivity index (χ1) is 13.6. The Kier molecular flexibility index (Phi) is 5.00. The molecule has 0 unspecified atom stereocenters. The summed E-state index contributed by atoms with van der Waals surface area (Å²) in [7, 11) is 0. The van der Waals surface area contributed by atoms with Crippen LogP contribution >= 0.6 is 12.2 Å². The van der Waals surface area contributed by atoms with Gasteiger partial charge in [-0.15, -0.1) is 0 Å². The molecule has 4 rings (SSSR count). The third-order valence-corrected chi connectivity index (χ3v) is 5.26. The molecule has 6 N–H and O–H groups in total. The summed E-state index contributed by atoms with van der Waals surface area (Å²) in [5.74, 6) is 0. The molecule has 0 atom stereocenters. The van der Waals surface area contributed by atoms with Gasteiger partial charge in [0.1, 0.15) is 0 Å². The van der Waals surface area contributed by atoms with Gasteiger partial charge in [0.15, 0.2) is 5.11 Å². The zero-order chi connectivity index (χ0) is 19.5. The van der Waals surface area contributed by atoms with Gasteiger partial charge in [0, 0.05) is 35.2 Å². The van der Waals surface area contributed by atoms with Gasteiger partial charge in [-0.2, -0.15) is 0 Å². The van der Waals surface area contributed by atoms with Crippen LogP contribution in [0.15, 0.2) is 72.8 Å². The first-order valence-electron chi connectivity index (χ1n) is 9.17. The second-order valence-corrected chi connectivity index (χ2v) is 7.16. The maximum atomic E-state index is 6.08. The average Bonchev–Trinajstić information content (AvgIpc) is 2.73. The SMILES string of the molecule is Nc1ccc(CNC(=S)NCc2ccc(N)c3ccccc23)c2ccccc12. The second kappa shape index (κ2) is 7.74. The minimum absolute atomic E-state index is 0.613. The summed E-state index contributed by atoms with van der Waals surface area (Å²) in [6, 6.07) is 24.3. The Hall–Kier alpha value is -3.31. The molecule has 0 amide bonds. The molecular formula is C23H22N4S. The van der Waals surface area contributed by atoms with Gasteiger partial charge in [-0.1, -0.05) is 60.7 Å². The molecule has 0 fully saturated rings. The molecule has 0 bridgehead atoms. The van der Waals surface area contributed by atoms with Gasteiger partial charge in [0.05, 0.1) is 0 Å². The zero-order valence-electron chi connectivity index (χ0n) is 15.4. The fourth-order valence-corrected chi connectivity index (χ4v) is 3.64. The average molecular weight is 387 g/mol. The maximum absolute atomic E-state index is 6.08. The van der Waals surface area contributed by atoms with Crippen molar-refractivity contribution in [1.29, 1.82) is 0 Å². The van der Waals surface area contributed by atoms with Crippen LogP contribution in [0.2, 0.25) is 0 Å². The second-order valence-electron chi connectivity index (χ2n) is 6.76. The van der Waals surface area contributed by atoms with Crippen molar-refractivity contribution < 1.29 is 0 Å². The Bertz CT molecular complexity index is 1080. The minimum Gasteiger partial charge on any atom is -0.398 e.